The van der Waals surface area contributed by atoms with Gasteiger partial charge in [0, 0.05) is 23.9 Å². The second-order valence-corrected chi connectivity index (χ2v) is 4.33. The summed E-state index contributed by atoms with van der Waals surface area (Å²) in [6.07, 6.45) is 1.09. The van der Waals surface area contributed by atoms with Crippen molar-refractivity contribution < 1.29 is 24.3 Å². The Bertz CT molecular complexity index is 717. The number of nitro groups is 1. The van der Waals surface area contributed by atoms with Gasteiger partial charge in [0.2, 0.25) is 5.88 Å². The molecule has 9 nitrogen and oxygen atoms in total. The molecule has 1 aromatic heterocycles. The summed E-state index contributed by atoms with van der Waals surface area (Å²) < 4.78 is 10.7. The molecule has 0 aliphatic rings. The van der Waals surface area contributed by atoms with Crippen molar-refractivity contribution in [2.75, 3.05) is 19.0 Å². The van der Waals surface area contributed by atoms with Gasteiger partial charge in [-0.3, -0.25) is 14.9 Å². The van der Waals surface area contributed by atoms with Crippen molar-refractivity contribution >= 4 is 17.3 Å². The number of hydrogen-bond donors (Lipinski definition) is 2. The summed E-state index contributed by atoms with van der Waals surface area (Å²) in [5.74, 6) is -0.116. The molecule has 0 atom stereocenters. The molecule has 0 fully saturated rings. The summed E-state index contributed by atoms with van der Waals surface area (Å²) in [6, 6.07) is 7.41. The molecule has 2 N–H and O–H groups in total. The average Bonchev–Trinajstić information content (AvgIpc) is 2.54. The highest BCUT2D eigenvalue weighted by atomic mass is 16.6. The molecule has 0 amide bonds. The Morgan fingerprint density at radius 1 is 1.35 bits per heavy atom. The van der Waals surface area contributed by atoms with Crippen molar-refractivity contribution in [2.24, 2.45) is 0 Å². The first-order valence-electron chi connectivity index (χ1n) is 6.41. The summed E-state index contributed by atoms with van der Waals surface area (Å²) in [5, 5.41) is 21.9. The number of ether oxygens (including phenoxy) is 2. The Labute approximate surface area is 130 Å². The number of carbonyl (C=O) groups is 1. The second-order valence-electron chi connectivity index (χ2n) is 4.33. The number of nitrogens with zero attached hydrogens (tertiary/aromatic N) is 2. The van der Waals surface area contributed by atoms with E-state index < -0.39 is 10.9 Å². The van der Waals surface area contributed by atoms with E-state index in [9.17, 15) is 14.9 Å². The maximum atomic E-state index is 10.6. The summed E-state index contributed by atoms with van der Waals surface area (Å²) in [4.78, 5) is 24.4. The van der Waals surface area contributed by atoms with Gasteiger partial charge in [0.05, 0.1) is 12.0 Å². The predicted octanol–water partition coefficient (Wildman–Crippen LogP) is 2.29. The summed E-state index contributed by atoms with van der Waals surface area (Å²) >= 11 is 0. The molecular formula is C14H13N3O6. The standard InChI is InChI=1S/C14H13N3O6/c1-22-12-6-9(15-8-14(18)19)2-4-11(12)23-13-5-3-10(7-16-13)17(20)21/h2-7,15H,8H2,1H3,(H,18,19). The third-order valence-electron chi connectivity index (χ3n) is 2.75. The third kappa shape index (κ3) is 4.30. The summed E-state index contributed by atoms with van der Waals surface area (Å²) in [6.45, 7) is -0.229. The average molecular weight is 319 g/mol. The van der Waals surface area contributed by atoms with Gasteiger partial charge < -0.3 is 19.9 Å². The highest BCUT2D eigenvalue weighted by molar-refractivity contribution is 5.73. The fraction of sp³-hybridized carbons (Fsp3) is 0.143. The highest BCUT2D eigenvalue weighted by Crippen LogP contribution is 2.33. The first-order valence-corrected chi connectivity index (χ1v) is 6.41. The Balaban J connectivity index is 2.15. The number of hydrogen-bond acceptors (Lipinski definition) is 7. The van der Waals surface area contributed by atoms with Gasteiger partial charge in [-0.2, -0.15) is 0 Å². The van der Waals surface area contributed by atoms with E-state index in [0.717, 1.165) is 6.20 Å². The predicted molar refractivity (Wildman–Crippen MR) is 80.1 cm³/mol. The minimum Gasteiger partial charge on any atom is -0.493 e. The fourth-order valence-corrected chi connectivity index (χ4v) is 1.69. The molecule has 2 rings (SSSR count). The Hall–Kier alpha value is -3.36. The number of aliphatic carboxylic acids is 1. The molecule has 0 aliphatic carbocycles. The van der Waals surface area contributed by atoms with Crippen molar-refractivity contribution in [2.45, 2.75) is 0 Å². The fourth-order valence-electron chi connectivity index (χ4n) is 1.69. The molecule has 0 saturated heterocycles. The van der Waals surface area contributed by atoms with Gasteiger partial charge in [-0.05, 0) is 12.1 Å². The van der Waals surface area contributed by atoms with Gasteiger partial charge in [0.15, 0.2) is 11.5 Å². The number of pyridine rings is 1. The van der Waals surface area contributed by atoms with E-state index in [1.54, 1.807) is 18.2 Å². The van der Waals surface area contributed by atoms with Crippen LogP contribution in [0, 0.1) is 10.1 Å². The lowest BCUT2D eigenvalue weighted by Crippen LogP contribution is -2.12. The molecule has 0 aliphatic heterocycles. The van der Waals surface area contributed by atoms with Crippen molar-refractivity contribution in [3.63, 3.8) is 0 Å². The molecule has 23 heavy (non-hydrogen) atoms. The molecule has 9 heteroatoms. The van der Waals surface area contributed by atoms with Crippen molar-refractivity contribution in [3.05, 3.63) is 46.6 Å². The number of nitrogens with one attached hydrogen (secondary N) is 1. The number of anilines is 1. The van der Waals surface area contributed by atoms with Crippen LogP contribution in [0.5, 0.6) is 17.4 Å². The zero-order chi connectivity index (χ0) is 16.8. The van der Waals surface area contributed by atoms with Gasteiger partial charge in [-0.25, -0.2) is 4.98 Å². The first kappa shape index (κ1) is 16.0. The van der Waals surface area contributed by atoms with E-state index in [1.165, 1.54) is 19.2 Å². The van der Waals surface area contributed by atoms with E-state index in [4.69, 9.17) is 14.6 Å². The lowest BCUT2D eigenvalue weighted by molar-refractivity contribution is -0.385. The van der Waals surface area contributed by atoms with Crippen molar-refractivity contribution in [1.29, 1.82) is 0 Å². The van der Waals surface area contributed by atoms with Crippen LogP contribution in [-0.4, -0.2) is 34.6 Å². The number of rotatable bonds is 7. The lowest BCUT2D eigenvalue weighted by Gasteiger charge is -2.11. The van der Waals surface area contributed by atoms with E-state index >= 15 is 0 Å². The highest BCUT2D eigenvalue weighted by Gasteiger charge is 2.10. The zero-order valence-corrected chi connectivity index (χ0v) is 12.1. The lowest BCUT2D eigenvalue weighted by atomic mass is 10.2. The van der Waals surface area contributed by atoms with Crippen LogP contribution < -0.4 is 14.8 Å². The van der Waals surface area contributed by atoms with E-state index in [0.29, 0.717) is 17.2 Å². The van der Waals surface area contributed by atoms with Gasteiger partial charge in [-0.15, -0.1) is 0 Å². The molecular weight excluding hydrogens is 306 g/mol. The Morgan fingerprint density at radius 2 is 2.13 bits per heavy atom. The van der Waals surface area contributed by atoms with Gasteiger partial charge in [0.1, 0.15) is 12.7 Å². The minimum atomic E-state index is -0.987. The van der Waals surface area contributed by atoms with E-state index in [2.05, 4.69) is 10.3 Å². The quantitative estimate of drug-likeness (QED) is 0.588. The molecule has 0 radical (unpaired) electrons. The van der Waals surface area contributed by atoms with Crippen LogP contribution in [0.4, 0.5) is 11.4 Å². The largest absolute Gasteiger partial charge is 0.493 e. The number of carboxylic acid groups (broad SMARTS) is 1. The van der Waals surface area contributed by atoms with Crippen molar-refractivity contribution in [1.82, 2.24) is 4.98 Å². The van der Waals surface area contributed by atoms with Crippen LogP contribution in [0.3, 0.4) is 0 Å². The Kier molecular flexibility index (Phi) is 4.92. The maximum absolute atomic E-state index is 10.6. The van der Waals surface area contributed by atoms with Crippen LogP contribution >= 0.6 is 0 Å². The van der Waals surface area contributed by atoms with E-state index in [1.807, 2.05) is 0 Å². The molecule has 0 unspecified atom stereocenters. The van der Waals surface area contributed by atoms with Crippen LogP contribution in [0.1, 0.15) is 0 Å². The van der Waals surface area contributed by atoms with Crippen LogP contribution in [0.15, 0.2) is 36.5 Å². The second kappa shape index (κ2) is 7.07. The van der Waals surface area contributed by atoms with E-state index in [-0.39, 0.29) is 18.1 Å². The molecule has 120 valence electrons. The van der Waals surface area contributed by atoms with Crippen LogP contribution in [-0.2, 0) is 4.79 Å². The van der Waals surface area contributed by atoms with Gasteiger partial charge in [-0.1, -0.05) is 0 Å². The first-order chi connectivity index (χ1) is 11.0. The molecule has 0 spiro atoms. The normalized spacial score (nSPS) is 9.96. The molecule has 0 bridgehead atoms. The molecule has 0 saturated carbocycles. The topological polar surface area (TPSA) is 124 Å². The minimum absolute atomic E-state index is 0.141. The SMILES string of the molecule is COc1cc(NCC(=O)O)ccc1Oc1ccc([N+](=O)[O-])cn1. The van der Waals surface area contributed by atoms with Gasteiger partial charge in [0.25, 0.3) is 5.69 Å². The third-order valence-corrected chi connectivity index (χ3v) is 2.75. The maximum Gasteiger partial charge on any atom is 0.322 e. The van der Waals surface area contributed by atoms with Crippen LogP contribution in [0.2, 0.25) is 0 Å². The number of benzene rings is 1. The Morgan fingerprint density at radius 3 is 2.70 bits per heavy atom. The number of aromatic nitrogens is 1. The van der Waals surface area contributed by atoms with Crippen LogP contribution in [0.25, 0.3) is 0 Å². The van der Waals surface area contributed by atoms with Crippen molar-refractivity contribution in [3.8, 4) is 17.4 Å². The van der Waals surface area contributed by atoms with Gasteiger partial charge >= 0.3 is 5.97 Å². The zero-order valence-electron chi connectivity index (χ0n) is 12.1. The molecule has 2 aromatic rings. The number of methoxy groups -OCH3 is 1. The smallest absolute Gasteiger partial charge is 0.322 e. The molecule has 1 aromatic carbocycles. The summed E-state index contributed by atoms with van der Waals surface area (Å²) in [5.41, 5.74) is 0.408. The molecule has 1 heterocycles. The monoisotopic (exact) mass is 319 g/mol. The summed E-state index contributed by atoms with van der Waals surface area (Å²) in [7, 11) is 1.44. The number of carboxylic acids is 1.